The van der Waals surface area contributed by atoms with Gasteiger partial charge in [-0.1, -0.05) is 25.1 Å². The Kier molecular flexibility index (Phi) is 7.62. The zero-order valence-corrected chi connectivity index (χ0v) is 17.8. The molecule has 0 bridgehead atoms. The monoisotopic (exact) mass is 386 g/mol. The maximum atomic E-state index is 4.52. The Labute approximate surface area is 164 Å². The van der Waals surface area contributed by atoms with Crippen molar-refractivity contribution in [1.82, 2.24) is 15.0 Å². The Morgan fingerprint density at radius 1 is 1.04 bits per heavy atom. The molecule has 0 aliphatic rings. The second-order valence-electron chi connectivity index (χ2n) is 5.98. The van der Waals surface area contributed by atoms with Crippen molar-refractivity contribution in [1.29, 1.82) is 0 Å². The molecule has 2 aromatic rings. The van der Waals surface area contributed by atoms with E-state index in [0.717, 1.165) is 24.0 Å². The predicted molar refractivity (Wildman–Crippen MR) is 90.8 cm³/mol. The summed E-state index contributed by atoms with van der Waals surface area (Å²) in [5, 5.41) is 3.45. The summed E-state index contributed by atoms with van der Waals surface area (Å²) >= 11 is 0. The Bertz CT molecular complexity index is 655. The minimum Gasteiger partial charge on any atom is -0.347 e. The molecule has 0 saturated carbocycles. The summed E-state index contributed by atoms with van der Waals surface area (Å²) in [5.41, 5.74) is 3.89. The van der Waals surface area contributed by atoms with E-state index >= 15 is 0 Å². The summed E-state index contributed by atoms with van der Waals surface area (Å²) in [7, 11) is 0. The van der Waals surface area contributed by atoms with Gasteiger partial charge in [-0.05, 0) is 43.9 Å². The van der Waals surface area contributed by atoms with Gasteiger partial charge in [0.05, 0.1) is 6.04 Å². The van der Waals surface area contributed by atoms with E-state index in [1.165, 1.54) is 16.7 Å². The third-order valence-corrected chi connectivity index (χ3v) is 3.84. The summed E-state index contributed by atoms with van der Waals surface area (Å²) in [4.78, 5) is 13.3. The van der Waals surface area contributed by atoms with E-state index in [1.54, 1.807) is 0 Å². The van der Waals surface area contributed by atoms with Crippen molar-refractivity contribution in [2.45, 2.75) is 54.0 Å². The first kappa shape index (κ1) is 20.0. The van der Waals surface area contributed by atoms with E-state index in [9.17, 15) is 0 Å². The fourth-order valence-corrected chi connectivity index (χ4v) is 2.33. The van der Waals surface area contributed by atoms with Crippen LogP contribution in [0, 0.1) is 26.7 Å². The molecule has 1 N–H and O–H groups in total. The summed E-state index contributed by atoms with van der Waals surface area (Å²) in [6.45, 7) is 12.4. The Hall–Kier alpha value is -0.996. The number of aryl methyl sites for hydroxylation is 3. The molecule has 1 heterocycles. The molecule has 1 unspecified atom stereocenters. The minimum absolute atomic E-state index is 0. The number of nitrogens with one attached hydrogen (secondary N) is 1. The molecule has 4 nitrogen and oxygen atoms in total. The van der Waals surface area contributed by atoms with E-state index in [-0.39, 0.29) is 38.8 Å². The molecule has 0 aliphatic carbocycles. The van der Waals surface area contributed by atoms with E-state index < -0.39 is 0 Å². The van der Waals surface area contributed by atoms with Crippen LogP contribution in [-0.4, -0.2) is 15.0 Å². The minimum atomic E-state index is 0. The maximum Gasteiger partial charge on any atom is 0.224 e. The van der Waals surface area contributed by atoms with Crippen molar-refractivity contribution in [3.05, 3.63) is 52.5 Å². The van der Waals surface area contributed by atoms with Gasteiger partial charge in [-0.3, -0.25) is 4.98 Å². The molecule has 5 heteroatoms. The number of aromatic nitrogens is 3. The molecule has 0 saturated heterocycles. The first-order valence-corrected chi connectivity index (χ1v) is 7.77. The molecular weight excluding hydrogens is 361 g/mol. The molecule has 0 amide bonds. The van der Waals surface area contributed by atoms with Gasteiger partial charge in [0, 0.05) is 38.5 Å². The normalized spacial score (nSPS) is 11.6. The van der Waals surface area contributed by atoms with E-state index in [1.807, 2.05) is 20.8 Å². The van der Waals surface area contributed by atoms with Crippen LogP contribution in [-0.2, 0) is 32.7 Å². The molecule has 23 heavy (non-hydrogen) atoms. The Morgan fingerprint density at radius 2 is 1.74 bits per heavy atom. The summed E-state index contributed by atoms with van der Waals surface area (Å²) in [6.07, 6.45) is 0.970. The first-order valence-electron chi connectivity index (χ1n) is 7.77. The Balaban J connectivity index is 0.00000264. The van der Waals surface area contributed by atoms with Crippen LogP contribution in [0.25, 0.3) is 0 Å². The average Bonchev–Trinajstić information content (AvgIpc) is 2.47. The van der Waals surface area contributed by atoms with Crippen LogP contribution in [0.2, 0.25) is 0 Å². The van der Waals surface area contributed by atoms with Crippen LogP contribution < -0.4 is 5.32 Å². The van der Waals surface area contributed by atoms with Gasteiger partial charge in [0.25, 0.3) is 0 Å². The molecule has 0 fully saturated rings. The number of hydrogen-bond acceptors (Lipinski definition) is 4. The molecule has 0 spiro atoms. The average molecular weight is 386 g/mol. The van der Waals surface area contributed by atoms with Crippen LogP contribution in [0.1, 0.15) is 61.6 Å². The van der Waals surface area contributed by atoms with Crippen LogP contribution in [0.4, 0.5) is 5.95 Å². The first-order chi connectivity index (χ1) is 10.4. The van der Waals surface area contributed by atoms with Gasteiger partial charge in [0.1, 0.15) is 5.82 Å². The van der Waals surface area contributed by atoms with E-state index in [0.29, 0.717) is 5.95 Å². The van der Waals surface area contributed by atoms with E-state index in [2.05, 4.69) is 59.2 Å². The number of benzene rings is 1. The van der Waals surface area contributed by atoms with Crippen molar-refractivity contribution in [2.24, 2.45) is 0 Å². The van der Waals surface area contributed by atoms with Crippen LogP contribution in [0.5, 0.6) is 0 Å². The van der Waals surface area contributed by atoms with Gasteiger partial charge >= 0.3 is 0 Å². The maximum absolute atomic E-state index is 4.52. The second-order valence-corrected chi connectivity index (χ2v) is 5.98. The molecule has 1 aromatic carbocycles. The fraction of sp³-hybridized carbons (Fsp3) is 0.444. The zero-order valence-electron chi connectivity index (χ0n) is 14.9. The van der Waals surface area contributed by atoms with Gasteiger partial charge in [-0.2, -0.15) is 18.8 Å². The van der Waals surface area contributed by atoms with E-state index in [4.69, 9.17) is 0 Å². The van der Waals surface area contributed by atoms with Gasteiger partial charge in [-0.15, -0.1) is 0 Å². The molecule has 1 atom stereocenters. The van der Waals surface area contributed by atoms with Crippen molar-refractivity contribution in [2.75, 3.05) is 5.32 Å². The number of nitrogens with zero attached hydrogens (tertiary/aromatic N) is 3. The summed E-state index contributed by atoms with van der Waals surface area (Å²) < 4.78 is 0. The Morgan fingerprint density at radius 3 is 2.30 bits per heavy atom. The third kappa shape index (κ3) is 5.25. The van der Waals surface area contributed by atoms with Crippen molar-refractivity contribution >= 4 is 5.95 Å². The zero-order chi connectivity index (χ0) is 16.3. The van der Waals surface area contributed by atoms with Crippen LogP contribution in [0.3, 0.4) is 0 Å². The van der Waals surface area contributed by atoms with Gasteiger partial charge in [0.15, 0.2) is 0 Å². The van der Waals surface area contributed by atoms with Crippen LogP contribution in [0.15, 0.2) is 18.2 Å². The standard InChI is InChI=1S/C18H25N4.Y/c1-7-16(15-9-8-12(4)13(5)10-15)21-18-20-14(6)19-17(22-18)11(2)3;/h8-10,16H,7H2,1-6H3,(H,19,20,21,22);/q-1;. The topological polar surface area (TPSA) is 50.7 Å². The summed E-state index contributed by atoms with van der Waals surface area (Å²) in [5.74, 6) is 3.23. The summed E-state index contributed by atoms with van der Waals surface area (Å²) in [6, 6.07) is 6.78. The van der Waals surface area contributed by atoms with Crippen molar-refractivity contribution < 1.29 is 32.7 Å². The number of rotatable bonds is 5. The van der Waals surface area contributed by atoms with Crippen LogP contribution >= 0.6 is 0 Å². The van der Waals surface area contributed by atoms with Crippen molar-refractivity contribution in [3.63, 3.8) is 0 Å². The molecular formula is C18H25N4Y-. The quantitative estimate of drug-likeness (QED) is 0.778. The number of hydrogen-bond donors (Lipinski definition) is 1. The molecule has 0 aliphatic heterocycles. The molecule has 1 radical (unpaired) electrons. The van der Waals surface area contributed by atoms with Gasteiger partial charge in [0.2, 0.25) is 5.95 Å². The smallest absolute Gasteiger partial charge is 0.224 e. The predicted octanol–water partition coefficient (Wildman–Crippen LogP) is 4.32. The fourth-order valence-electron chi connectivity index (χ4n) is 2.33. The largest absolute Gasteiger partial charge is 0.347 e. The SMILES string of the molecule is CCC(Nc1nc(C)nc([C-](C)C)n1)c1ccc(C)c(C)c1.[Y]. The van der Waals surface area contributed by atoms with Crippen molar-refractivity contribution in [3.8, 4) is 0 Å². The molecule has 2 rings (SSSR count). The molecule has 1 aromatic heterocycles. The van der Waals surface area contributed by atoms with Gasteiger partial charge < -0.3 is 11.2 Å². The third-order valence-electron chi connectivity index (χ3n) is 3.84. The number of anilines is 1. The van der Waals surface area contributed by atoms with Gasteiger partial charge in [-0.25, -0.2) is 4.98 Å². The second kappa shape index (κ2) is 8.74. The molecule has 121 valence electrons.